The Labute approximate surface area is 89.8 Å². The van der Waals surface area contributed by atoms with Gasteiger partial charge in [0.1, 0.15) is 0 Å². The SMILES string of the molecule is CCO[SiH](CCCC(C)CN)OCC. The smallest absolute Gasteiger partial charge is 0.321 e. The fourth-order valence-corrected chi connectivity index (χ4v) is 3.08. The van der Waals surface area contributed by atoms with Crippen LogP contribution in [0.2, 0.25) is 6.04 Å². The lowest BCUT2D eigenvalue weighted by atomic mass is 10.1. The topological polar surface area (TPSA) is 44.5 Å². The highest BCUT2D eigenvalue weighted by Crippen LogP contribution is 2.10. The van der Waals surface area contributed by atoms with Crippen LogP contribution in [-0.2, 0) is 8.85 Å². The van der Waals surface area contributed by atoms with Gasteiger partial charge in [-0.1, -0.05) is 13.3 Å². The van der Waals surface area contributed by atoms with E-state index in [4.69, 9.17) is 14.6 Å². The zero-order valence-corrected chi connectivity index (χ0v) is 10.9. The van der Waals surface area contributed by atoms with Crippen LogP contribution in [0.1, 0.15) is 33.6 Å². The Morgan fingerprint density at radius 3 is 2.21 bits per heavy atom. The van der Waals surface area contributed by atoms with E-state index in [1.165, 1.54) is 12.8 Å². The molecule has 4 heteroatoms. The van der Waals surface area contributed by atoms with E-state index in [1.807, 2.05) is 13.8 Å². The first kappa shape index (κ1) is 14.1. The molecular weight excluding hydrogens is 194 g/mol. The van der Waals surface area contributed by atoms with Gasteiger partial charge in [-0.05, 0) is 38.8 Å². The van der Waals surface area contributed by atoms with Gasteiger partial charge in [0.05, 0.1) is 0 Å². The average Bonchev–Trinajstić information content (AvgIpc) is 2.18. The lowest BCUT2D eigenvalue weighted by Crippen LogP contribution is -2.23. The standard InChI is InChI=1S/C10H25NO2Si/c1-4-12-14(13-5-2)8-6-7-10(3)9-11/h10,14H,4-9,11H2,1-3H3. The van der Waals surface area contributed by atoms with Gasteiger partial charge in [0.15, 0.2) is 0 Å². The summed E-state index contributed by atoms with van der Waals surface area (Å²) < 4.78 is 11.2. The summed E-state index contributed by atoms with van der Waals surface area (Å²) in [6.45, 7) is 8.60. The molecule has 0 saturated carbocycles. The van der Waals surface area contributed by atoms with Crippen molar-refractivity contribution in [2.75, 3.05) is 19.8 Å². The van der Waals surface area contributed by atoms with Crippen LogP contribution in [0.25, 0.3) is 0 Å². The molecule has 0 aliphatic heterocycles. The third-order valence-electron chi connectivity index (χ3n) is 2.24. The first-order valence-electron chi connectivity index (χ1n) is 5.67. The molecule has 0 aromatic carbocycles. The summed E-state index contributed by atoms with van der Waals surface area (Å²) in [5, 5.41) is 0. The Morgan fingerprint density at radius 1 is 1.21 bits per heavy atom. The highest BCUT2D eigenvalue weighted by molar-refractivity contribution is 6.44. The molecule has 86 valence electrons. The summed E-state index contributed by atoms with van der Waals surface area (Å²) in [5.41, 5.74) is 5.56. The van der Waals surface area contributed by atoms with E-state index in [2.05, 4.69) is 6.92 Å². The van der Waals surface area contributed by atoms with Crippen molar-refractivity contribution in [3.8, 4) is 0 Å². The fourth-order valence-electron chi connectivity index (χ4n) is 1.34. The monoisotopic (exact) mass is 219 g/mol. The highest BCUT2D eigenvalue weighted by atomic mass is 28.3. The zero-order valence-electron chi connectivity index (χ0n) is 9.79. The van der Waals surface area contributed by atoms with Gasteiger partial charge in [-0.3, -0.25) is 0 Å². The second-order valence-corrected chi connectivity index (χ2v) is 5.72. The minimum Gasteiger partial charge on any atom is -0.397 e. The van der Waals surface area contributed by atoms with Crippen molar-refractivity contribution in [2.45, 2.75) is 39.7 Å². The first-order chi connectivity index (χ1) is 6.74. The molecule has 3 nitrogen and oxygen atoms in total. The molecule has 0 aromatic heterocycles. The van der Waals surface area contributed by atoms with E-state index in [9.17, 15) is 0 Å². The molecule has 0 fully saturated rings. The van der Waals surface area contributed by atoms with Gasteiger partial charge < -0.3 is 14.6 Å². The molecule has 0 radical (unpaired) electrons. The summed E-state index contributed by atoms with van der Waals surface area (Å²) in [7, 11) is -1.34. The Hall–Kier alpha value is 0.0969. The molecule has 0 aliphatic rings. The molecule has 0 heterocycles. The Balaban J connectivity index is 3.49. The Kier molecular flexibility index (Phi) is 9.71. The Bertz CT molecular complexity index is 119. The van der Waals surface area contributed by atoms with Crippen molar-refractivity contribution in [2.24, 2.45) is 11.7 Å². The minimum atomic E-state index is -1.34. The summed E-state index contributed by atoms with van der Waals surface area (Å²) in [4.78, 5) is 0. The van der Waals surface area contributed by atoms with Crippen LogP contribution < -0.4 is 5.73 Å². The fraction of sp³-hybridized carbons (Fsp3) is 1.00. The number of hydrogen-bond acceptors (Lipinski definition) is 3. The van der Waals surface area contributed by atoms with Crippen molar-refractivity contribution in [3.05, 3.63) is 0 Å². The molecule has 1 unspecified atom stereocenters. The molecule has 0 aromatic rings. The van der Waals surface area contributed by atoms with Crippen molar-refractivity contribution in [1.82, 2.24) is 0 Å². The molecule has 0 aliphatic carbocycles. The largest absolute Gasteiger partial charge is 0.397 e. The van der Waals surface area contributed by atoms with Crippen LogP contribution in [0, 0.1) is 5.92 Å². The minimum absolute atomic E-state index is 0.632. The van der Waals surface area contributed by atoms with Crippen molar-refractivity contribution in [3.63, 3.8) is 0 Å². The molecule has 0 saturated heterocycles. The van der Waals surface area contributed by atoms with Gasteiger partial charge in [-0.25, -0.2) is 0 Å². The van der Waals surface area contributed by atoms with Gasteiger partial charge in [-0.15, -0.1) is 0 Å². The predicted octanol–water partition coefficient (Wildman–Crippen LogP) is 1.65. The first-order valence-corrected chi connectivity index (χ1v) is 7.43. The number of rotatable bonds is 9. The van der Waals surface area contributed by atoms with Gasteiger partial charge in [-0.2, -0.15) is 0 Å². The molecule has 0 bridgehead atoms. The van der Waals surface area contributed by atoms with Crippen molar-refractivity contribution >= 4 is 9.28 Å². The molecule has 0 spiro atoms. The van der Waals surface area contributed by atoms with E-state index in [0.29, 0.717) is 5.92 Å². The maximum atomic E-state index is 5.58. The predicted molar refractivity (Wildman–Crippen MR) is 62.7 cm³/mol. The quantitative estimate of drug-likeness (QED) is 0.600. The molecule has 0 rings (SSSR count). The number of nitrogens with two attached hydrogens (primary N) is 1. The summed E-state index contributed by atoms with van der Waals surface area (Å²) in [5.74, 6) is 0.632. The van der Waals surface area contributed by atoms with Gasteiger partial charge in [0, 0.05) is 13.2 Å². The summed E-state index contributed by atoms with van der Waals surface area (Å²) in [6, 6.07) is 1.12. The molecule has 14 heavy (non-hydrogen) atoms. The maximum absolute atomic E-state index is 5.58. The summed E-state index contributed by atoms with van der Waals surface area (Å²) >= 11 is 0. The van der Waals surface area contributed by atoms with Crippen molar-refractivity contribution in [1.29, 1.82) is 0 Å². The van der Waals surface area contributed by atoms with E-state index < -0.39 is 9.28 Å². The van der Waals surface area contributed by atoms with E-state index in [-0.39, 0.29) is 0 Å². The van der Waals surface area contributed by atoms with Crippen LogP contribution in [0.5, 0.6) is 0 Å². The highest BCUT2D eigenvalue weighted by Gasteiger charge is 2.11. The second-order valence-electron chi connectivity index (χ2n) is 3.61. The van der Waals surface area contributed by atoms with Gasteiger partial charge in [0.2, 0.25) is 0 Å². The zero-order chi connectivity index (χ0) is 10.8. The van der Waals surface area contributed by atoms with Crippen LogP contribution >= 0.6 is 0 Å². The van der Waals surface area contributed by atoms with E-state index in [1.54, 1.807) is 0 Å². The average molecular weight is 219 g/mol. The maximum Gasteiger partial charge on any atom is 0.321 e. The van der Waals surface area contributed by atoms with E-state index in [0.717, 1.165) is 25.8 Å². The van der Waals surface area contributed by atoms with E-state index >= 15 is 0 Å². The molecule has 0 amide bonds. The van der Waals surface area contributed by atoms with Crippen LogP contribution in [0.4, 0.5) is 0 Å². The van der Waals surface area contributed by atoms with Crippen LogP contribution in [0.3, 0.4) is 0 Å². The molecule has 1 atom stereocenters. The van der Waals surface area contributed by atoms with Gasteiger partial charge in [0.25, 0.3) is 0 Å². The van der Waals surface area contributed by atoms with Gasteiger partial charge >= 0.3 is 9.28 Å². The van der Waals surface area contributed by atoms with Crippen molar-refractivity contribution < 1.29 is 8.85 Å². The normalized spacial score (nSPS) is 13.5. The third-order valence-corrected chi connectivity index (χ3v) is 4.53. The summed E-state index contributed by atoms with van der Waals surface area (Å²) in [6.07, 6.45) is 2.38. The number of hydrogen-bond donors (Lipinski definition) is 1. The second kappa shape index (κ2) is 9.64. The lowest BCUT2D eigenvalue weighted by Gasteiger charge is -2.15. The van der Waals surface area contributed by atoms with Crippen LogP contribution in [-0.4, -0.2) is 29.0 Å². The third kappa shape index (κ3) is 7.50. The lowest BCUT2D eigenvalue weighted by molar-refractivity contribution is 0.212. The molecule has 2 N–H and O–H groups in total. The molecular formula is C10H25NO2Si. The Morgan fingerprint density at radius 2 is 1.79 bits per heavy atom. The van der Waals surface area contributed by atoms with Crippen LogP contribution in [0.15, 0.2) is 0 Å².